The van der Waals surface area contributed by atoms with Gasteiger partial charge in [0, 0.05) is 9.35 Å². The summed E-state index contributed by atoms with van der Waals surface area (Å²) >= 11 is 4.67. The maximum atomic E-state index is 13.9. The molecular weight excluding hydrogens is 383 g/mol. The van der Waals surface area contributed by atoms with Crippen molar-refractivity contribution < 1.29 is 9.13 Å². The molecule has 1 aromatic carbocycles. The van der Waals surface area contributed by atoms with Crippen LogP contribution in [0.4, 0.5) is 4.39 Å². The predicted molar refractivity (Wildman–Crippen MR) is 92.9 cm³/mol. The van der Waals surface area contributed by atoms with Crippen molar-refractivity contribution in [2.24, 2.45) is 0 Å². The molecule has 0 spiro atoms. The van der Waals surface area contributed by atoms with Crippen LogP contribution in [-0.4, -0.2) is 9.97 Å². The molecule has 0 bridgehead atoms. The number of aromatic amines is 1. The summed E-state index contributed by atoms with van der Waals surface area (Å²) in [5.74, 6) is 0.0190. The van der Waals surface area contributed by atoms with Crippen LogP contribution >= 0.6 is 27.3 Å². The molecule has 2 aromatic heterocycles. The molecule has 0 aliphatic rings. The molecule has 1 N–H and O–H groups in total. The molecule has 2 heterocycles. The Morgan fingerprint density at radius 3 is 2.83 bits per heavy atom. The van der Waals surface area contributed by atoms with Crippen molar-refractivity contribution in [1.82, 2.24) is 9.97 Å². The Kier molecular flexibility index (Phi) is 4.25. The molecule has 4 nitrogen and oxygen atoms in total. The second-order valence-electron chi connectivity index (χ2n) is 5.25. The summed E-state index contributed by atoms with van der Waals surface area (Å²) in [4.78, 5) is 21.2. The Hall–Kier alpha value is -1.73. The van der Waals surface area contributed by atoms with Gasteiger partial charge in [-0.2, -0.15) is 0 Å². The zero-order valence-electron chi connectivity index (χ0n) is 12.7. The Balaban J connectivity index is 1.98. The third-order valence-electron chi connectivity index (χ3n) is 3.64. The largest absolute Gasteiger partial charge is 0.480 e. The van der Waals surface area contributed by atoms with Crippen molar-refractivity contribution in [2.45, 2.75) is 26.9 Å². The summed E-state index contributed by atoms with van der Waals surface area (Å²) in [5, 5.41) is 0.610. The standard InChI is InChI=1S/C16H14BrFN2O2S/c1-7-9(3)23-16-13(7)15(21)19-14(20-16)8(2)22-12-5-4-10(17)6-11(12)18/h4-6,8H,1-3H3,(H,19,20,21)/t8-/m0/s1. The highest BCUT2D eigenvalue weighted by Crippen LogP contribution is 2.28. The molecule has 23 heavy (non-hydrogen) atoms. The lowest BCUT2D eigenvalue weighted by molar-refractivity contribution is 0.206. The minimum absolute atomic E-state index is 0.113. The van der Waals surface area contributed by atoms with Crippen LogP contribution in [0.15, 0.2) is 27.5 Å². The molecule has 0 saturated heterocycles. The van der Waals surface area contributed by atoms with Gasteiger partial charge in [-0.25, -0.2) is 9.37 Å². The van der Waals surface area contributed by atoms with E-state index in [0.29, 0.717) is 20.5 Å². The summed E-state index contributed by atoms with van der Waals surface area (Å²) in [6.07, 6.45) is -0.578. The number of hydrogen-bond acceptors (Lipinski definition) is 4. The number of thiophene rings is 1. The number of nitrogens with one attached hydrogen (secondary N) is 1. The van der Waals surface area contributed by atoms with Gasteiger partial charge >= 0.3 is 0 Å². The second-order valence-corrected chi connectivity index (χ2v) is 7.37. The zero-order valence-corrected chi connectivity index (χ0v) is 15.1. The minimum Gasteiger partial charge on any atom is -0.480 e. The van der Waals surface area contributed by atoms with Crippen molar-refractivity contribution in [3.63, 3.8) is 0 Å². The number of H-pyrrole nitrogens is 1. The van der Waals surface area contributed by atoms with Gasteiger partial charge in [0.1, 0.15) is 4.83 Å². The van der Waals surface area contributed by atoms with E-state index in [1.807, 2.05) is 13.8 Å². The van der Waals surface area contributed by atoms with Gasteiger partial charge < -0.3 is 9.72 Å². The summed E-state index contributed by atoms with van der Waals surface area (Å²) in [6, 6.07) is 4.55. The number of aromatic nitrogens is 2. The van der Waals surface area contributed by atoms with Gasteiger partial charge in [0.25, 0.3) is 5.56 Å². The van der Waals surface area contributed by atoms with Crippen LogP contribution in [-0.2, 0) is 0 Å². The predicted octanol–water partition coefficient (Wildman–Crippen LogP) is 4.64. The van der Waals surface area contributed by atoms with Gasteiger partial charge in [0.05, 0.1) is 5.39 Å². The lowest BCUT2D eigenvalue weighted by Crippen LogP contribution is -2.16. The van der Waals surface area contributed by atoms with Crippen molar-refractivity contribution in [1.29, 1.82) is 0 Å². The Morgan fingerprint density at radius 1 is 1.39 bits per heavy atom. The van der Waals surface area contributed by atoms with E-state index in [9.17, 15) is 9.18 Å². The molecule has 0 fully saturated rings. The van der Waals surface area contributed by atoms with E-state index in [2.05, 4.69) is 25.9 Å². The van der Waals surface area contributed by atoms with Crippen molar-refractivity contribution in [2.75, 3.05) is 0 Å². The molecule has 1 atom stereocenters. The number of fused-ring (bicyclic) bond motifs is 1. The van der Waals surface area contributed by atoms with Crippen molar-refractivity contribution in [3.05, 3.63) is 55.1 Å². The maximum Gasteiger partial charge on any atom is 0.260 e. The molecular formula is C16H14BrFN2O2S. The highest BCUT2D eigenvalue weighted by molar-refractivity contribution is 9.10. The number of rotatable bonds is 3. The maximum absolute atomic E-state index is 13.9. The first-order valence-electron chi connectivity index (χ1n) is 6.98. The lowest BCUT2D eigenvalue weighted by Gasteiger charge is -2.14. The van der Waals surface area contributed by atoms with E-state index in [-0.39, 0.29) is 11.3 Å². The summed E-state index contributed by atoms with van der Waals surface area (Å²) in [7, 11) is 0. The topological polar surface area (TPSA) is 55.0 Å². The Labute approximate surface area is 144 Å². The average molecular weight is 397 g/mol. The Bertz CT molecular complexity index is 951. The van der Waals surface area contributed by atoms with Crippen LogP contribution < -0.4 is 10.3 Å². The first kappa shape index (κ1) is 16.1. The summed E-state index contributed by atoms with van der Waals surface area (Å²) in [6.45, 7) is 5.58. The lowest BCUT2D eigenvalue weighted by atomic mass is 10.2. The number of halogens is 2. The van der Waals surface area contributed by atoms with Crippen LogP contribution in [0.2, 0.25) is 0 Å². The zero-order chi connectivity index (χ0) is 16.7. The third-order valence-corrected chi connectivity index (χ3v) is 5.23. The van der Waals surface area contributed by atoms with E-state index in [1.54, 1.807) is 13.0 Å². The normalized spacial score (nSPS) is 12.6. The van der Waals surface area contributed by atoms with Crippen LogP contribution in [0.5, 0.6) is 5.75 Å². The average Bonchev–Trinajstić information content (AvgIpc) is 2.77. The molecule has 0 unspecified atom stereocenters. The molecule has 3 rings (SSSR count). The molecule has 0 amide bonds. The van der Waals surface area contributed by atoms with Gasteiger partial charge in [-0.05, 0) is 44.5 Å². The van der Waals surface area contributed by atoms with E-state index in [4.69, 9.17) is 4.74 Å². The first-order valence-corrected chi connectivity index (χ1v) is 8.59. The first-order chi connectivity index (χ1) is 10.9. The number of benzene rings is 1. The second kappa shape index (κ2) is 6.05. The van der Waals surface area contributed by atoms with Gasteiger partial charge in [-0.15, -0.1) is 11.3 Å². The van der Waals surface area contributed by atoms with E-state index < -0.39 is 11.9 Å². The van der Waals surface area contributed by atoms with Crippen molar-refractivity contribution in [3.8, 4) is 5.75 Å². The minimum atomic E-state index is -0.578. The van der Waals surface area contributed by atoms with Crippen LogP contribution in [0.3, 0.4) is 0 Å². The highest BCUT2D eigenvalue weighted by atomic mass is 79.9. The van der Waals surface area contributed by atoms with Crippen LogP contribution in [0.1, 0.15) is 29.3 Å². The monoisotopic (exact) mass is 396 g/mol. The van der Waals surface area contributed by atoms with Gasteiger partial charge in [0.2, 0.25) is 0 Å². The highest BCUT2D eigenvalue weighted by Gasteiger charge is 2.17. The third kappa shape index (κ3) is 3.03. The molecule has 0 saturated carbocycles. The SMILES string of the molecule is Cc1sc2nc([C@H](C)Oc3ccc(Br)cc3F)[nH]c(=O)c2c1C. The van der Waals surface area contributed by atoms with Crippen molar-refractivity contribution >= 4 is 37.5 Å². The smallest absolute Gasteiger partial charge is 0.260 e. The van der Waals surface area contributed by atoms with Gasteiger partial charge in [-0.3, -0.25) is 4.79 Å². The number of hydrogen-bond donors (Lipinski definition) is 1. The molecule has 120 valence electrons. The quantitative estimate of drug-likeness (QED) is 0.701. The van der Waals surface area contributed by atoms with E-state index in [1.165, 1.54) is 23.5 Å². The number of ether oxygens (including phenoxy) is 1. The van der Waals surface area contributed by atoms with Crippen LogP contribution in [0, 0.1) is 19.7 Å². The number of aryl methyl sites for hydroxylation is 2. The van der Waals surface area contributed by atoms with E-state index in [0.717, 1.165) is 10.4 Å². The fourth-order valence-electron chi connectivity index (χ4n) is 2.28. The summed E-state index contributed by atoms with van der Waals surface area (Å²) in [5.41, 5.74) is 0.747. The van der Waals surface area contributed by atoms with E-state index >= 15 is 0 Å². The Morgan fingerprint density at radius 2 is 2.13 bits per heavy atom. The molecule has 7 heteroatoms. The molecule has 3 aromatic rings. The fraction of sp³-hybridized carbons (Fsp3) is 0.250. The van der Waals surface area contributed by atoms with Crippen LogP contribution in [0.25, 0.3) is 10.2 Å². The summed E-state index contributed by atoms with van der Waals surface area (Å²) < 4.78 is 20.1. The fourth-order valence-corrected chi connectivity index (χ4v) is 3.65. The van der Waals surface area contributed by atoms with Gasteiger partial charge in [0.15, 0.2) is 23.5 Å². The molecule has 0 aliphatic heterocycles. The van der Waals surface area contributed by atoms with Gasteiger partial charge in [-0.1, -0.05) is 15.9 Å². The molecule has 0 aliphatic carbocycles. The molecule has 0 radical (unpaired) electrons. The number of nitrogens with zero attached hydrogens (tertiary/aromatic N) is 1.